The van der Waals surface area contributed by atoms with Crippen LogP contribution in [0.1, 0.15) is 54.1 Å². The van der Waals surface area contributed by atoms with Crippen LogP contribution in [-0.4, -0.2) is 83.3 Å². The molecule has 2 aromatic rings. The Labute approximate surface area is 243 Å². The number of piperazine rings is 1. The summed E-state index contributed by atoms with van der Waals surface area (Å²) in [5.41, 5.74) is 6.08. The number of benzene rings is 1. The fraction of sp³-hybridized carbons (Fsp3) is 0.593. The summed E-state index contributed by atoms with van der Waals surface area (Å²) in [6.45, 7) is 2.07. The highest BCUT2D eigenvalue weighted by Crippen LogP contribution is 2.54. The zero-order valence-electron chi connectivity index (χ0n) is 22.9. The van der Waals surface area contributed by atoms with Crippen LogP contribution < -0.4 is 16.4 Å². The number of nitrogens with two attached hydrogens (primary N) is 1. The Balaban J connectivity index is 1.19. The molecule has 3 fully saturated rings. The zero-order chi connectivity index (χ0) is 29.5. The van der Waals surface area contributed by atoms with Crippen LogP contribution in [0.4, 0.5) is 15.9 Å². The maximum Gasteiger partial charge on any atom is 0.261 e. The van der Waals surface area contributed by atoms with Gasteiger partial charge in [-0.3, -0.25) is 19.2 Å². The largest absolute Gasteiger partial charge is 0.389 e. The van der Waals surface area contributed by atoms with Crippen molar-refractivity contribution in [3.63, 3.8) is 0 Å². The van der Waals surface area contributed by atoms with E-state index in [2.05, 4.69) is 15.7 Å². The third-order valence-corrected chi connectivity index (χ3v) is 10.7. The molecule has 11 nitrogen and oxygen atoms in total. The Kier molecular flexibility index (Phi) is 8.34. The van der Waals surface area contributed by atoms with Crippen molar-refractivity contribution in [1.82, 2.24) is 20.0 Å². The molecule has 5 N–H and O–H groups in total. The molecule has 1 aliphatic heterocycles. The second kappa shape index (κ2) is 11.5. The first-order chi connectivity index (χ1) is 19.3. The van der Waals surface area contributed by atoms with Gasteiger partial charge in [-0.05, 0) is 68.7 Å². The number of aryl methyl sites for hydroxylation is 1. The van der Waals surface area contributed by atoms with Crippen LogP contribution in [-0.2, 0) is 21.7 Å². The van der Waals surface area contributed by atoms with E-state index >= 15 is 0 Å². The average molecular weight is 611 g/mol. The van der Waals surface area contributed by atoms with Gasteiger partial charge in [0.1, 0.15) is 17.2 Å². The highest BCUT2D eigenvalue weighted by Gasteiger charge is 2.51. The highest BCUT2D eigenvalue weighted by atomic mass is 35.5. The Morgan fingerprint density at radius 2 is 2.02 bits per heavy atom. The quantitative estimate of drug-likeness (QED) is 0.335. The molecule has 0 bridgehead atoms. The molecule has 2 aliphatic carbocycles. The second-order valence-corrected chi connectivity index (χ2v) is 14.3. The number of nitrogen functional groups attached to an aromatic ring is 1. The summed E-state index contributed by atoms with van der Waals surface area (Å²) >= 11 is 5.85. The number of aliphatic hydroxyl groups is 1. The van der Waals surface area contributed by atoms with Crippen molar-refractivity contribution in [2.75, 3.05) is 48.7 Å². The van der Waals surface area contributed by atoms with Gasteiger partial charge >= 0.3 is 0 Å². The molecule has 41 heavy (non-hydrogen) atoms. The van der Waals surface area contributed by atoms with E-state index in [0.29, 0.717) is 63.1 Å². The summed E-state index contributed by atoms with van der Waals surface area (Å²) in [7, 11) is -1.83. The standard InChI is InChI=1S/C27H36ClFN6O5S/c1-34-25(30)23(26(37)32-19-3-4-21(29)20(28)11-19)24(33-34)16-9-17-12-27(38,13-18(17)10-16)15-41(39,40)8-2-6-35-7-5-31-22(36)14-35/h3-4,11,16-18,38H,2,5-10,12-15,30H2,1H3,(H,31,36)(H,32,37). The fourth-order valence-corrected chi connectivity index (χ4v) is 8.78. The summed E-state index contributed by atoms with van der Waals surface area (Å²) in [6.07, 6.45) is 2.47. The van der Waals surface area contributed by atoms with Gasteiger partial charge < -0.3 is 21.5 Å². The Hall–Kier alpha value is -2.74. The van der Waals surface area contributed by atoms with Gasteiger partial charge in [-0.25, -0.2) is 12.8 Å². The third-order valence-electron chi connectivity index (χ3n) is 8.57. The monoisotopic (exact) mass is 610 g/mol. The van der Waals surface area contributed by atoms with Gasteiger partial charge in [0.15, 0.2) is 9.84 Å². The maximum atomic E-state index is 13.5. The van der Waals surface area contributed by atoms with E-state index in [1.165, 1.54) is 22.9 Å². The highest BCUT2D eigenvalue weighted by molar-refractivity contribution is 7.91. The van der Waals surface area contributed by atoms with E-state index in [-0.39, 0.29) is 58.1 Å². The summed E-state index contributed by atoms with van der Waals surface area (Å²) < 4.78 is 40.8. The summed E-state index contributed by atoms with van der Waals surface area (Å²) in [4.78, 5) is 26.7. The van der Waals surface area contributed by atoms with E-state index in [1.807, 2.05) is 4.90 Å². The van der Waals surface area contributed by atoms with Crippen LogP contribution >= 0.6 is 11.6 Å². The zero-order valence-corrected chi connectivity index (χ0v) is 24.5. The van der Waals surface area contributed by atoms with Crippen molar-refractivity contribution in [1.29, 1.82) is 0 Å². The maximum absolute atomic E-state index is 13.5. The minimum Gasteiger partial charge on any atom is -0.389 e. The SMILES string of the molecule is Cn1nc(C2CC3CC(O)(CS(=O)(=O)CCCN4CCNC(=O)C4)CC3C2)c(C(=O)Nc2ccc(F)c(Cl)c2)c1N. The molecule has 2 heterocycles. The molecule has 224 valence electrons. The lowest BCUT2D eigenvalue weighted by atomic mass is 9.92. The molecular formula is C27H36ClFN6O5S. The van der Waals surface area contributed by atoms with Crippen LogP contribution in [0.25, 0.3) is 0 Å². The van der Waals surface area contributed by atoms with Crippen LogP contribution in [0.5, 0.6) is 0 Å². The van der Waals surface area contributed by atoms with Crippen molar-refractivity contribution >= 4 is 44.8 Å². The molecule has 1 aromatic carbocycles. The molecule has 1 saturated heterocycles. The number of carbonyl (C=O) groups is 2. The Bertz CT molecular complexity index is 1440. The molecule has 14 heteroatoms. The lowest BCUT2D eigenvalue weighted by molar-refractivity contribution is -0.124. The third kappa shape index (κ3) is 6.68. The first-order valence-electron chi connectivity index (χ1n) is 13.8. The number of nitrogens with zero attached hydrogens (tertiary/aromatic N) is 3. The van der Waals surface area contributed by atoms with Gasteiger partial charge in [0.25, 0.3) is 5.91 Å². The molecule has 2 unspecified atom stereocenters. The number of amides is 2. The van der Waals surface area contributed by atoms with Crippen LogP contribution in [0.3, 0.4) is 0 Å². The normalized spacial score (nSPS) is 26.6. The van der Waals surface area contributed by atoms with E-state index in [1.54, 1.807) is 7.05 Å². The minimum atomic E-state index is -3.49. The van der Waals surface area contributed by atoms with Gasteiger partial charge in [-0.15, -0.1) is 0 Å². The Morgan fingerprint density at radius 3 is 2.68 bits per heavy atom. The predicted octanol–water partition coefficient (Wildman–Crippen LogP) is 1.92. The summed E-state index contributed by atoms with van der Waals surface area (Å²) in [6, 6.07) is 3.90. The van der Waals surface area contributed by atoms with Crippen LogP contribution in [0, 0.1) is 17.7 Å². The minimum absolute atomic E-state index is 0.0314. The smallest absolute Gasteiger partial charge is 0.261 e. The molecule has 2 saturated carbocycles. The van der Waals surface area contributed by atoms with Crippen molar-refractivity contribution in [2.45, 2.75) is 43.6 Å². The molecule has 1 aromatic heterocycles. The first kappa shape index (κ1) is 29.7. The first-order valence-corrected chi connectivity index (χ1v) is 16.0. The number of halogens is 2. The predicted molar refractivity (Wildman–Crippen MR) is 153 cm³/mol. The summed E-state index contributed by atoms with van der Waals surface area (Å²) in [5, 5.41) is 21.2. The molecule has 3 aliphatic rings. The van der Waals surface area contributed by atoms with Gasteiger partial charge in [0, 0.05) is 31.7 Å². The fourth-order valence-electron chi connectivity index (χ4n) is 6.83. The summed E-state index contributed by atoms with van der Waals surface area (Å²) in [5.74, 6) is -1.10. The number of anilines is 2. The van der Waals surface area contributed by atoms with Crippen molar-refractivity contribution in [3.05, 3.63) is 40.3 Å². The number of nitrogens with one attached hydrogen (secondary N) is 2. The second-order valence-electron chi connectivity index (χ2n) is 11.7. The van der Waals surface area contributed by atoms with Gasteiger partial charge in [0.2, 0.25) is 5.91 Å². The molecule has 0 spiro atoms. The van der Waals surface area contributed by atoms with Crippen molar-refractivity contribution in [2.24, 2.45) is 18.9 Å². The number of carbonyl (C=O) groups excluding carboxylic acids is 2. The lowest BCUT2D eigenvalue weighted by Crippen LogP contribution is -2.48. The molecule has 5 rings (SSSR count). The van der Waals surface area contributed by atoms with E-state index < -0.39 is 27.2 Å². The van der Waals surface area contributed by atoms with Crippen molar-refractivity contribution in [3.8, 4) is 0 Å². The topological polar surface area (TPSA) is 160 Å². The number of hydrogen-bond acceptors (Lipinski definition) is 8. The van der Waals surface area contributed by atoms with Gasteiger partial charge in [-0.1, -0.05) is 11.6 Å². The average Bonchev–Trinajstić information content (AvgIpc) is 3.49. The molecule has 2 atom stereocenters. The number of hydrogen-bond donors (Lipinski definition) is 4. The van der Waals surface area contributed by atoms with E-state index in [9.17, 15) is 27.5 Å². The molecule has 0 radical (unpaired) electrons. The van der Waals surface area contributed by atoms with E-state index in [0.717, 1.165) is 0 Å². The molecular weight excluding hydrogens is 575 g/mol. The van der Waals surface area contributed by atoms with Gasteiger partial charge in [0.05, 0.1) is 34.4 Å². The Morgan fingerprint density at radius 1 is 1.32 bits per heavy atom. The number of fused-ring (bicyclic) bond motifs is 1. The van der Waals surface area contributed by atoms with Crippen LogP contribution in [0.2, 0.25) is 5.02 Å². The van der Waals surface area contributed by atoms with Crippen LogP contribution in [0.15, 0.2) is 18.2 Å². The van der Waals surface area contributed by atoms with E-state index in [4.69, 9.17) is 17.3 Å². The number of aromatic nitrogens is 2. The number of sulfone groups is 1. The lowest BCUT2D eigenvalue weighted by Gasteiger charge is -2.27. The van der Waals surface area contributed by atoms with Crippen molar-refractivity contribution < 1.29 is 27.5 Å². The van der Waals surface area contributed by atoms with Gasteiger partial charge in [-0.2, -0.15) is 5.10 Å². The number of rotatable bonds is 9. The molecule has 2 amide bonds.